The van der Waals surface area contributed by atoms with Gasteiger partial charge in [-0.25, -0.2) is 4.98 Å². The van der Waals surface area contributed by atoms with Crippen molar-refractivity contribution >= 4 is 5.82 Å². The maximum Gasteiger partial charge on any atom is 0.129 e. The number of aliphatic hydroxyl groups is 1. The molecule has 0 amide bonds. The third-order valence-corrected chi connectivity index (χ3v) is 3.29. The maximum atomic E-state index is 10.4. The van der Waals surface area contributed by atoms with Crippen LogP contribution in [0.2, 0.25) is 0 Å². The number of nitrogen functional groups attached to an aromatic ring is 1. The van der Waals surface area contributed by atoms with Crippen LogP contribution in [0.15, 0.2) is 24.4 Å². The molecule has 0 radical (unpaired) electrons. The summed E-state index contributed by atoms with van der Waals surface area (Å²) in [5.74, 6) is 0.734. The smallest absolute Gasteiger partial charge is 0.129 e. The fourth-order valence-electron chi connectivity index (χ4n) is 2.31. The predicted molar refractivity (Wildman–Crippen MR) is 64.8 cm³/mol. The molecule has 3 nitrogen and oxygen atoms in total. The number of aromatic nitrogens is 1. The molecule has 1 aliphatic carbocycles. The highest BCUT2D eigenvalue weighted by molar-refractivity contribution is 5.45. The van der Waals surface area contributed by atoms with Crippen LogP contribution in [-0.2, 0) is 0 Å². The molecule has 0 spiro atoms. The number of pyridine rings is 1. The van der Waals surface area contributed by atoms with Crippen LogP contribution >= 0.6 is 0 Å². The van der Waals surface area contributed by atoms with Crippen LogP contribution in [-0.4, -0.2) is 10.1 Å². The normalized spacial score (nSPS) is 22.0. The van der Waals surface area contributed by atoms with E-state index in [1.54, 1.807) is 6.20 Å². The van der Waals surface area contributed by atoms with E-state index in [1.807, 2.05) is 13.0 Å². The number of rotatable bonds is 2. The minimum absolute atomic E-state index is 0.273. The highest BCUT2D eigenvalue weighted by Crippen LogP contribution is 2.34. The summed E-state index contributed by atoms with van der Waals surface area (Å²) < 4.78 is 0. The lowest BCUT2D eigenvalue weighted by molar-refractivity contribution is 0.102. The number of aliphatic hydroxyl groups excluding tert-OH is 1. The van der Waals surface area contributed by atoms with E-state index in [-0.39, 0.29) is 5.92 Å². The van der Waals surface area contributed by atoms with Crippen LogP contribution in [0.25, 0.3) is 0 Å². The molecule has 86 valence electrons. The van der Waals surface area contributed by atoms with E-state index in [0.717, 1.165) is 30.4 Å². The SMILES string of the molecule is Cc1ccnc(N)c1C(O)C1CC=CCC1. The molecule has 0 aromatic carbocycles. The second-order valence-electron chi connectivity index (χ2n) is 4.42. The van der Waals surface area contributed by atoms with Crippen LogP contribution in [0.4, 0.5) is 5.82 Å². The average molecular weight is 218 g/mol. The molecule has 1 aromatic rings. The molecule has 3 N–H and O–H groups in total. The zero-order valence-corrected chi connectivity index (χ0v) is 9.56. The van der Waals surface area contributed by atoms with Gasteiger partial charge in [-0.05, 0) is 43.7 Å². The predicted octanol–water partition coefficient (Wildman–Crippen LogP) is 2.36. The Bertz CT molecular complexity index is 381. The minimum Gasteiger partial charge on any atom is -0.388 e. The second-order valence-corrected chi connectivity index (χ2v) is 4.42. The Hall–Kier alpha value is -1.35. The molecule has 0 saturated heterocycles. The molecule has 1 aliphatic rings. The van der Waals surface area contributed by atoms with E-state index in [4.69, 9.17) is 5.73 Å². The maximum absolute atomic E-state index is 10.4. The topological polar surface area (TPSA) is 59.1 Å². The fourth-order valence-corrected chi connectivity index (χ4v) is 2.31. The van der Waals surface area contributed by atoms with Gasteiger partial charge in [-0.15, -0.1) is 0 Å². The van der Waals surface area contributed by atoms with Crippen LogP contribution in [0, 0.1) is 12.8 Å². The van der Waals surface area contributed by atoms with Gasteiger partial charge in [-0.1, -0.05) is 12.2 Å². The molecule has 16 heavy (non-hydrogen) atoms. The number of aryl methyl sites for hydroxylation is 1. The zero-order chi connectivity index (χ0) is 11.5. The van der Waals surface area contributed by atoms with Crippen LogP contribution < -0.4 is 5.73 Å². The highest BCUT2D eigenvalue weighted by Gasteiger charge is 2.24. The van der Waals surface area contributed by atoms with Crippen molar-refractivity contribution < 1.29 is 5.11 Å². The Morgan fingerprint density at radius 2 is 2.31 bits per heavy atom. The standard InChI is InChI=1S/C13H18N2O/c1-9-7-8-15-13(14)11(9)12(16)10-5-3-2-4-6-10/h2-3,7-8,10,12,16H,4-6H2,1H3,(H2,14,15). The molecule has 0 saturated carbocycles. The van der Waals surface area contributed by atoms with E-state index < -0.39 is 6.10 Å². The molecule has 0 aliphatic heterocycles. The molecule has 2 unspecified atom stereocenters. The molecular weight excluding hydrogens is 200 g/mol. The van der Waals surface area contributed by atoms with Gasteiger partial charge < -0.3 is 10.8 Å². The summed E-state index contributed by atoms with van der Waals surface area (Å²) in [6.07, 6.45) is 8.49. The summed E-state index contributed by atoms with van der Waals surface area (Å²) in [4.78, 5) is 4.06. The van der Waals surface area contributed by atoms with E-state index in [1.165, 1.54) is 0 Å². The number of hydrogen-bond donors (Lipinski definition) is 2. The first-order valence-electron chi connectivity index (χ1n) is 5.74. The van der Waals surface area contributed by atoms with Crippen molar-refractivity contribution in [2.75, 3.05) is 5.73 Å². The van der Waals surface area contributed by atoms with Crippen LogP contribution in [0.3, 0.4) is 0 Å². The van der Waals surface area contributed by atoms with Gasteiger partial charge in [0.2, 0.25) is 0 Å². The Labute approximate surface area is 96.0 Å². The van der Waals surface area contributed by atoms with Crippen LogP contribution in [0.5, 0.6) is 0 Å². The average Bonchev–Trinajstić information content (AvgIpc) is 2.30. The van der Waals surface area contributed by atoms with E-state index in [9.17, 15) is 5.11 Å². The zero-order valence-electron chi connectivity index (χ0n) is 9.56. The number of nitrogens with zero attached hydrogens (tertiary/aromatic N) is 1. The largest absolute Gasteiger partial charge is 0.388 e. The molecule has 0 bridgehead atoms. The Balaban J connectivity index is 2.26. The number of allylic oxidation sites excluding steroid dienone is 2. The van der Waals surface area contributed by atoms with Crippen LogP contribution in [0.1, 0.15) is 36.5 Å². The van der Waals surface area contributed by atoms with Gasteiger partial charge in [0, 0.05) is 11.8 Å². The molecule has 1 aromatic heterocycles. The fraction of sp³-hybridized carbons (Fsp3) is 0.462. The number of anilines is 1. The van der Waals surface area contributed by atoms with Crippen molar-refractivity contribution in [3.05, 3.63) is 35.5 Å². The third kappa shape index (κ3) is 2.09. The van der Waals surface area contributed by atoms with Gasteiger partial charge in [0.25, 0.3) is 0 Å². The first-order valence-corrected chi connectivity index (χ1v) is 5.74. The lowest BCUT2D eigenvalue weighted by Crippen LogP contribution is -2.17. The van der Waals surface area contributed by atoms with Crippen molar-refractivity contribution in [1.82, 2.24) is 4.98 Å². The molecule has 1 heterocycles. The van der Waals surface area contributed by atoms with Crippen molar-refractivity contribution in [3.63, 3.8) is 0 Å². The van der Waals surface area contributed by atoms with Gasteiger partial charge in [0.15, 0.2) is 0 Å². The Morgan fingerprint density at radius 1 is 1.50 bits per heavy atom. The van der Waals surface area contributed by atoms with Crippen molar-refractivity contribution in [2.45, 2.75) is 32.3 Å². The summed E-state index contributed by atoms with van der Waals surface area (Å²) in [5, 5.41) is 10.4. The summed E-state index contributed by atoms with van der Waals surface area (Å²) >= 11 is 0. The minimum atomic E-state index is -0.487. The lowest BCUT2D eigenvalue weighted by atomic mass is 9.85. The second kappa shape index (κ2) is 4.66. The molecule has 0 fully saturated rings. The molecule has 3 heteroatoms. The highest BCUT2D eigenvalue weighted by atomic mass is 16.3. The first kappa shape index (κ1) is 11.1. The molecule has 2 atom stereocenters. The third-order valence-electron chi connectivity index (χ3n) is 3.29. The molecule has 2 rings (SSSR count). The summed E-state index contributed by atoms with van der Waals surface area (Å²) in [5.41, 5.74) is 7.67. The lowest BCUT2D eigenvalue weighted by Gasteiger charge is -2.25. The van der Waals surface area contributed by atoms with E-state index >= 15 is 0 Å². The van der Waals surface area contributed by atoms with Gasteiger partial charge in [-0.2, -0.15) is 0 Å². The van der Waals surface area contributed by atoms with E-state index in [2.05, 4.69) is 17.1 Å². The van der Waals surface area contributed by atoms with Gasteiger partial charge in [0.05, 0.1) is 6.10 Å². The summed E-state index contributed by atoms with van der Waals surface area (Å²) in [6, 6.07) is 1.90. The Morgan fingerprint density at radius 3 is 2.94 bits per heavy atom. The first-order chi connectivity index (χ1) is 7.70. The van der Waals surface area contributed by atoms with Gasteiger partial charge in [-0.3, -0.25) is 0 Å². The van der Waals surface area contributed by atoms with Gasteiger partial charge in [0.1, 0.15) is 5.82 Å². The number of nitrogens with two attached hydrogens (primary N) is 1. The monoisotopic (exact) mass is 218 g/mol. The Kier molecular flexibility index (Phi) is 3.25. The van der Waals surface area contributed by atoms with E-state index in [0.29, 0.717) is 5.82 Å². The summed E-state index contributed by atoms with van der Waals surface area (Å²) in [7, 11) is 0. The quantitative estimate of drug-likeness (QED) is 0.749. The van der Waals surface area contributed by atoms with Gasteiger partial charge >= 0.3 is 0 Å². The summed E-state index contributed by atoms with van der Waals surface area (Å²) in [6.45, 7) is 1.97. The molecular formula is C13H18N2O. The number of hydrogen-bond acceptors (Lipinski definition) is 3. The van der Waals surface area contributed by atoms with Crippen molar-refractivity contribution in [3.8, 4) is 0 Å². The van der Waals surface area contributed by atoms with Crippen molar-refractivity contribution in [1.29, 1.82) is 0 Å². The van der Waals surface area contributed by atoms with Crippen molar-refractivity contribution in [2.24, 2.45) is 5.92 Å².